The standard InChI is InChI=1S/C15H12O2S/c1-11(16)15-10-8-13(18-15)7-9-14(17)12-5-3-2-4-6-12/h2-10H,1H3/b9-7+. The van der Waals surface area contributed by atoms with Gasteiger partial charge in [0.2, 0.25) is 0 Å². The Morgan fingerprint density at radius 2 is 1.78 bits per heavy atom. The molecule has 0 fully saturated rings. The van der Waals surface area contributed by atoms with Crippen molar-refractivity contribution in [1.82, 2.24) is 0 Å². The Balaban J connectivity index is 2.11. The van der Waals surface area contributed by atoms with Crippen LogP contribution in [0.1, 0.15) is 31.8 Å². The van der Waals surface area contributed by atoms with E-state index in [1.54, 1.807) is 24.3 Å². The fraction of sp³-hybridized carbons (Fsp3) is 0.0667. The Kier molecular flexibility index (Phi) is 3.85. The summed E-state index contributed by atoms with van der Waals surface area (Å²) in [6.07, 6.45) is 3.28. The second-order valence-corrected chi connectivity index (χ2v) is 4.94. The molecule has 0 N–H and O–H groups in total. The molecule has 1 aromatic heterocycles. The summed E-state index contributed by atoms with van der Waals surface area (Å²) in [5.41, 5.74) is 0.664. The Hall–Kier alpha value is -2.00. The molecule has 2 nitrogen and oxygen atoms in total. The van der Waals surface area contributed by atoms with Crippen molar-refractivity contribution in [1.29, 1.82) is 0 Å². The highest BCUT2D eigenvalue weighted by Crippen LogP contribution is 2.18. The van der Waals surface area contributed by atoms with Crippen molar-refractivity contribution in [3.8, 4) is 0 Å². The second kappa shape index (κ2) is 5.56. The largest absolute Gasteiger partial charge is 0.294 e. The van der Waals surface area contributed by atoms with E-state index in [0.29, 0.717) is 10.4 Å². The van der Waals surface area contributed by atoms with Gasteiger partial charge in [-0.05, 0) is 31.2 Å². The smallest absolute Gasteiger partial charge is 0.185 e. The molecule has 90 valence electrons. The fourth-order valence-electron chi connectivity index (χ4n) is 1.49. The van der Waals surface area contributed by atoms with E-state index in [2.05, 4.69) is 0 Å². The third kappa shape index (κ3) is 3.02. The van der Waals surface area contributed by atoms with E-state index >= 15 is 0 Å². The number of carbonyl (C=O) groups is 2. The first-order chi connectivity index (χ1) is 8.66. The normalized spacial score (nSPS) is 10.7. The van der Waals surface area contributed by atoms with Gasteiger partial charge in [-0.3, -0.25) is 9.59 Å². The Morgan fingerprint density at radius 3 is 2.39 bits per heavy atom. The summed E-state index contributed by atoms with van der Waals surface area (Å²) < 4.78 is 0. The summed E-state index contributed by atoms with van der Waals surface area (Å²) in [5, 5.41) is 0. The number of thiophene rings is 1. The number of hydrogen-bond acceptors (Lipinski definition) is 3. The Morgan fingerprint density at radius 1 is 1.06 bits per heavy atom. The van der Waals surface area contributed by atoms with E-state index in [-0.39, 0.29) is 11.6 Å². The van der Waals surface area contributed by atoms with Gasteiger partial charge < -0.3 is 0 Å². The van der Waals surface area contributed by atoms with Crippen LogP contribution < -0.4 is 0 Å². The van der Waals surface area contributed by atoms with E-state index in [9.17, 15) is 9.59 Å². The molecule has 0 spiro atoms. The van der Waals surface area contributed by atoms with Gasteiger partial charge in [-0.25, -0.2) is 0 Å². The van der Waals surface area contributed by atoms with Gasteiger partial charge in [0.1, 0.15) is 0 Å². The van der Waals surface area contributed by atoms with Crippen LogP contribution in [-0.2, 0) is 0 Å². The van der Waals surface area contributed by atoms with Crippen molar-refractivity contribution in [3.63, 3.8) is 0 Å². The minimum atomic E-state index is -0.0339. The Bertz CT molecular complexity index is 594. The second-order valence-electron chi connectivity index (χ2n) is 3.82. The van der Waals surface area contributed by atoms with Crippen molar-refractivity contribution < 1.29 is 9.59 Å². The molecule has 3 heteroatoms. The number of Topliss-reactive ketones (excluding diaryl/α,β-unsaturated/α-hetero) is 1. The maximum Gasteiger partial charge on any atom is 0.185 e. The topological polar surface area (TPSA) is 34.1 Å². The van der Waals surface area contributed by atoms with Crippen LogP contribution in [0.15, 0.2) is 48.5 Å². The minimum absolute atomic E-state index is 0.0339. The summed E-state index contributed by atoms with van der Waals surface area (Å²) in [6, 6.07) is 12.7. The van der Waals surface area contributed by atoms with Gasteiger partial charge in [0.05, 0.1) is 4.88 Å². The lowest BCUT2D eigenvalue weighted by Crippen LogP contribution is -1.92. The molecule has 0 radical (unpaired) electrons. The molecule has 0 atom stereocenters. The molecule has 1 heterocycles. The van der Waals surface area contributed by atoms with Crippen molar-refractivity contribution in [2.45, 2.75) is 6.92 Å². The van der Waals surface area contributed by atoms with Gasteiger partial charge in [-0.1, -0.05) is 30.3 Å². The number of rotatable bonds is 4. The van der Waals surface area contributed by atoms with Crippen molar-refractivity contribution in [2.75, 3.05) is 0 Å². The zero-order valence-electron chi connectivity index (χ0n) is 9.92. The maximum atomic E-state index is 11.8. The van der Waals surface area contributed by atoms with Crippen LogP contribution in [0.5, 0.6) is 0 Å². The fourth-order valence-corrected chi connectivity index (χ4v) is 2.29. The Labute approximate surface area is 110 Å². The average molecular weight is 256 g/mol. The summed E-state index contributed by atoms with van der Waals surface area (Å²) in [4.78, 5) is 24.6. The molecule has 1 aromatic carbocycles. The van der Waals surface area contributed by atoms with E-state index in [1.807, 2.05) is 24.3 Å². The van der Waals surface area contributed by atoms with Crippen LogP contribution in [0.25, 0.3) is 6.08 Å². The number of allylic oxidation sites excluding steroid dienone is 1. The lowest BCUT2D eigenvalue weighted by atomic mass is 10.1. The highest BCUT2D eigenvalue weighted by atomic mass is 32.1. The van der Waals surface area contributed by atoms with E-state index < -0.39 is 0 Å². The predicted molar refractivity (Wildman–Crippen MR) is 74.1 cm³/mol. The molecular weight excluding hydrogens is 244 g/mol. The van der Waals surface area contributed by atoms with Gasteiger partial charge in [-0.15, -0.1) is 11.3 Å². The quantitative estimate of drug-likeness (QED) is 0.615. The molecule has 0 unspecified atom stereocenters. The molecular formula is C15H12O2S. The minimum Gasteiger partial charge on any atom is -0.294 e. The van der Waals surface area contributed by atoms with Gasteiger partial charge in [0.15, 0.2) is 11.6 Å². The molecule has 18 heavy (non-hydrogen) atoms. The first-order valence-electron chi connectivity index (χ1n) is 5.55. The van der Waals surface area contributed by atoms with Crippen LogP contribution in [0, 0.1) is 0 Å². The monoisotopic (exact) mass is 256 g/mol. The van der Waals surface area contributed by atoms with E-state index in [4.69, 9.17) is 0 Å². The lowest BCUT2D eigenvalue weighted by molar-refractivity contribution is 0.101. The van der Waals surface area contributed by atoms with Gasteiger partial charge in [0.25, 0.3) is 0 Å². The van der Waals surface area contributed by atoms with Gasteiger partial charge in [-0.2, -0.15) is 0 Å². The molecule has 0 aliphatic carbocycles. The number of ketones is 2. The zero-order valence-corrected chi connectivity index (χ0v) is 10.7. The van der Waals surface area contributed by atoms with Gasteiger partial charge >= 0.3 is 0 Å². The summed E-state index contributed by atoms with van der Waals surface area (Å²) in [5.74, 6) is 0.0161. The van der Waals surface area contributed by atoms with E-state index in [1.165, 1.54) is 24.3 Å². The molecule has 2 aromatic rings. The lowest BCUT2D eigenvalue weighted by Gasteiger charge is -1.93. The van der Waals surface area contributed by atoms with Crippen molar-refractivity contribution in [3.05, 3.63) is 63.9 Å². The molecule has 0 aliphatic rings. The number of hydrogen-bond donors (Lipinski definition) is 0. The third-order valence-corrected chi connectivity index (χ3v) is 3.58. The SMILES string of the molecule is CC(=O)c1ccc(/C=C/C(=O)c2ccccc2)s1. The number of benzene rings is 1. The van der Waals surface area contributed by atoms with Crippen LogP contribution >= 0.6 is 11.3 Å². The molecule has 0 bridgehead atoms. The number of carbonyl (C=O) groups excluding carboxylic acids is 2. The molecule has 0 amide bonds. The van der Waals surface area contributed by atoms with Gasteiger partial charge in [0, 0.05) is 10.4 Å². The van der Waals surface area contributed by atoms with Crippen LogP contribution in [0.4, 0.5) is 0 Å². The summed E-state index contributed by atoms with van der Waals surface area (Å²) >= 11 is 1.39. The summed E-state index contributed by atoms with van der Waals surface area (Å²) in [6.45, 7) is 1.54. The van der Waals surface area contributed by atoms with E-state index in [0.717, 1.165) is 4.88 Å². The highest BCUT2D eigenvalue weighted by Gasteiger charge is 2.03. The molecule has 0 aliphatic heterocycles. The zero-order chi connectivity index (χ0) is 13.0. The predicted octanol–water partition coefficient (Wildman–Crippen LogP) is 3.85. The molecule has 2 rings (SSSR count). The van der Waals surface area contributed by atoms with Crippen LogP contribution in [0.3, 0.4) is 0 Å². The van der Waals surface area contributed by atoms with Crippen LogP contribution in [-0.4, -0.2) is 11.6 Å². The summed E-state index contributed by atoms with van der Waals surface area (Å²) in [7, 11) is 0. The first-order valence-corrected chi connectivity index (χ1v) is 6.37. The average Bonchev–Trinajstić information content (AvgIpc) is 2.86. The van der Waals surface area contributed by atoms with Crippen molar-refractivity contribution in [2.24, 2.45) is 0 Å². The maximum absolute atomic E-state index is 11.8. The molecule has 0 saturated heterocycles. The highest BCUT2D eigenvalue weighted by molar-refractivity contribution is 7.14. The van der Waals surface area contributed by atoms with Crippen LogP contribution in [0.2, 0.25) is 0 Å². The first kappa shape index (κ1) is 12.5. The third-order valence-electron chi connectivity index (χ3n) is 2.43. The molecule has 0 saturated carbocycles. The van der Waals surface area contributed by atoms with Crippen molar-refractivity contribution >= 4 is 29.0 Å².